The maximum atomic E-state index is 13.9. The molecule has 0 aliphatic rings. The van der Waals surface area contributed by atoms with Crippen LogP contribution in [0.25, 0.3) is 0 Å². The average molecular weight is 335 g/mol. The Hall–Kier alpha value is -1.55. The molecule has 0 spiro atoms. The fourth-order valence-electron chi connectivity index (χ4n) is 2.44. The van der Waals surface area contributed by atoms with Crippen molar-refractivity contribution in [2.45, 2.75) is 52.9 Å². The SMILES string of the molecule is C=C/C(=C\C)SNC(=O)Cc1c(C(C)C)cc(F)cc1C(C)C. The molecule has 1 aromatic carbocycles. The van der Waals surface area contributed by atoms with Crippen LogP contribution in [0.2, 0.25) is 0 Å². The smallest absolute Gasteiger partial charge is 0.234 e. The van der Waals surface area contributed by atoms with E-state index in [0.29, 0.717) is 0 Å². The average Bonchev–Trinajstić information content (AvgIpc) is 2.49. The maximum absolute atomic E-state index is 13.9. The highest BCUT2D eigenvalue weighted by Gasteiger charge is 2.18. The third-order valence-electron chi connectivity index (χ3n) is 3.63. The summed E-state index contributed by atoms with van der Waals surface area (Å²) in [5, 5.41) is 0. The van der Waals surface area contributed by atoms with Crippen LogP contribution in [0.4, 0.5) is 4.39 Å². The van der Waals surface area contributed by atoms with Gasteiger partial charge in [-0.05, 0) is 59.5 Å². The van der Waals surface area contributed by atoms with Gasteiger partial charge in [-0.25, -0.2) is 4.39 Å². The van der Waals surface area contributed by atoms with Crippen LogP contribution in [0.3, 0.4) is 0 Å². The van der Waals surface area contributed by atoms with Crippen molar-refractivity contribution >= 4 is 17.9 Å². The van der Waals surface area contributed by atoms with E-state index >= 15 is 0 Å². The molecular formula is C19H26FNOS. The molecule has 0 aliphatic heterocycles. The van der Waals surface area contributed by atoms with Gasteiger partial charge in [-0.2, -0.15) is 0 Å². The van der Waals surface area contributed by atoms with Crippen LogP contribution in [-0.4, -0.2) is 5.91 Å². The Bertz CT molecular complexity index is 576. The molecule has 0 heterocycles. The third-order valence-corrected chi connectivity index (χ3v) is 4.60. The predicted molar refractivity (Wildman–Crippen MR) is 98.0 cm³/mol. The molecule has 0 saturated heterocycles. The van der Waals surface area contributed by atoms with Gasteiger partial charge in [0.05, 0.1) is 6.42 Å². The van der Waals surface area contributed by atoms with Crippen molar-refractivity contribution in [2.75, 3.05) is 0 Å². The van der Waals surface area contributed by atoms with Crippen LogP contribution in [0.15, 0.2) is 35.8 Å². The number of hydrogen-bond donors (Lipinski definition) is 1. The first-order valence-corrected chi connectivity index (χ1v) is 8.68. The fourth-order valence-corrected chi connectivity index (χ4v) is 2.95. The lowest BCUT2D eigenvalue weighted by Gasteiger charge is -2.19. The summed E-state index contributed by atoms with van der Waals surface area (Å²) >= 11 is 1.25. The van der Waals surface area contributed by atoms with Crippen LogP contribution in [0, 0.1) is 5.82 Å². The Kier molecular flexibility index (Phi) is 7.56. The molecule has 0 aromatic heterocycles. The van der Waals surface area contributed by atoms with Crippen LogP contribution in [0.1, 0.15) is 63.1 Å². The van der Waals surface area contributed by atoms with Crippen LogP contribution in [-0.2, 0) is 11.2 Å². The van der Waals surface area contributed by atoms with Gasteiger partial charge in [0.1, 0.15) is 5.82 Å². The van der Waals surface area contributed by atoms with E-state index in [0.717, 1.165) is 21.6 Å². The molecule has 0 saturated carbocycles. The molecule has 0 atom stereocenters. The van der Waals surface area contributed by atoms with Gasteiger partial charge >= 0.3 is 0 Å². The number of nitrogens with one attached hydrogen (secondary N) is 1. The van der Waals surface area contributed by atoms with Gasteiger partial charge < -0.3 is 0 Å². The van der Waals surface area contributed by atoms with Crippen molar-refractivity contribution in [3.8, 4) is 0 Å². The van der Waals surface area contributed by atoms with Gasteiger partial charge in [-0.1, -0.05) is 46.4 Å². The number of benzene rings is 1. The van der Waals surface area contributed by atoms with Crippen LogP contribution < -0.4 is 4.72 Å². The topological polar surface area (TPSA) is 29.1 Å². The molecule has 126 valence electrons. The van der Waals surface area contributed by atoms with E-state index in [1.165, 1.54) is 11.9 Å². The highest BCUT2D eigenvalue weighted by atomic mass is 32.2. The lowest BCUT2D eigenvalue weighted by molar-refractivity contribution is -0.118. The normalized spacial score (nSPS) is 11.9. The molecule has 0 fully saturated rings. The number of halogens is 1. The first kappa shape index (κ1) is 19.5. The van der Waals surface area contributed by atoms with Gasteiger partial charge in [-0.3, -0.25) is 9.52 Å². The number of carbonyl (C=O) groups is 1. The minimum Gasteiger partial charge on any atom is -0.296 e. The highest BCUT2D eigenvalue weighted by molar-refractivity contribution is 8.01. The summed E-state index contributed by atoms with van der Waals surface area (Å²) in [4.78, 5) is 13.2. The standard InChI is InChI=1S/C19H26FNOS/c1-7-15(8-2)23-21-19(22)11-18-16(12(3)4)9-14(20)10-17(18)13(5)6/h7-10,12-13H,1,11H2,2-6H3,(H,21,22)/b15-8+. The van der Waals surface area contributed by atoms with Crippen LogP contribution in [0.5, 0.6) is 0 Å². The van der Waals surface area contributed by atoms with Crippen molar-refractivity contribution in [3.63, 3.8) is 0 Å². The summed E-state index contributed by atoms with van der Waals surface area (Å²) < 4.78 is 16.7. The molecule has 4 heteroatoms. The third kappa shape index (κ3) is 5.54. The first-order valence-electron chi connectivity index (χ1n) is 7.86. The largest absolute Gasteiger partial charge is 0.296 e. The molecular weight excluding hydrogens is 309 g/mol. The summed E-state index contributed by atoms with van der Waals surface area (Å²) in [7, 11) is 0. The maximum Gasteiger partial charge on any atom is 0.234 e. The minimum absolute atomic E-state index is 0.0911. The Labute approximate surface area is 143 Å². The number of allylic oxidation sites excluding steroid dienone is 2. The first-order chi connectivity index (χ1) is 10.8. The zero-order chi connectivity index (χ0) is 17.6. The van der Waals surface area contributed by atoms with Gasteiger partial charge in [0, 0.05) is 4.91 Å². The molecule has 23 heavy (non-hydrogen) atoms. The number of hydrogen-bond acceptors (Lipinski definition) is 2. The zero-order valence-corrected chi connectivity index (χ0v) is 15.4. The summed E-state index contributed by atoms with van der Waals surface area (Å²) in [6.45, 7) is 13.7. The molecule has 1 rings (SSSR count). The molecule has 1 N–H and O–H groups in total. The predicted octanol–water partition coefficient (Wildman–Crippen LogP) is 5.47. The Balaban J connectivity index is 3.06. The van der Waals surface area contributed by atoms with E-state index in [1.54, 1.807) is 18.2 Å². The van der Waals surface area contributed by atoms with E-state index in [4.69, 9.17) is 0 Å². The highest BCUT2D eigenvalue weighted by Crippen LogP contribution is 2.29. The Morgan fingerprint density at radius 2 is 1.78 bits per heavy atom. The Morgan fingerprint density at radius 3 is 2.17 bits per heavy atom. The van der Waals surface area contributed by atoms with Gasteiger partial charge in [0.15, 0.2) is 0 Å². The summed E-state index contributed by atoms with van der Waals surface area (Å²) in [6.07, 6.45) is 3.83. The second-order valence-corrected chi connectivity index (χ2v) is 6.95. The molecule has 1 amide bonds. The zero-order valence-electron chi connectivity index (χ0n) is 14.6. The second kappa shape index (κ2) is 8.92. The van der Waals surface area contributed by atoms with E-state index in [-0.39, 0.29) is 30.0 Å². The summed E-state index contributed by atoms with van der Waals surface area (Å²) in [6, 6.07) is 3.10. The molecule has 0 radical (unpaired) electrons. The van der Waals surface area contributed by atoms with E-state index in [9.17, 15) is 9.18 Å². The van der Waals surface area contributed by atoms with Gasteiger partial charge in [0.25, 0.3) is 0 Å². The van der Waals surface area contributed by atoms with Crippen molar-refractivity contribution in [2.24, 2.45) is 0 Å². The number of carbonyl (C=O) groups excluding carboxylic acids is 1. The summed E-state index contributed by atoms with van der Waals surface area (Å²) in [5.74, 6) is 0.00116. The van der Waals surface area contributed by atoms with Crippen molar-refractivity contribution < 1.29 is 9.18 Å². The molecule has 0 aliphatic carbocycles. The van der Waals surface area contributed by atoms with E-state index in [1.807, 2.05) is 40.7 Å². The molecule has 1 aromatic rings. The van der Waals surface area contributed by atoms with E-state index < -0.39 is 0 Å². The number of amides is 1. The second-order valence-electron chi connectivity index (χ2n) is 6.07. The van der Waals surface area contributed by atoms with Crippen molar-refractivity contribution in [1.29, 1.82) is 0 Å². The molecule has 2 nitrogen and oxygen atoms in total. The lowest BCUT2D eigenvalue weighted by atomic mass is 9.87. The van der Waals surface area contributed by atoms with E-state index in [2.05, 4.69) is 11.3 Å². The van der Waals surface area contributed by atoms with Crippen LogP contribution >= 0.6 is 11.9 Å². The van der Waals surface area contributed by atoms with Gasteiger partial charge in [0.2, 0.25) is 5.91 Å². The monoisotopic (exact) mass is 335 g/mol. The van der Waals surface area contributed by atoms with Gasteiger partial charge in [-0.15, -0.1) is 0 Å². The quantitative estimate of drug-likeness (QED) is 0.529. The van der Waals surface area contributed by atoms with Crippen molar-refractivity contribution in [1.82, 2.24) is 4.72 Å². The minimum atomic E-state index is -0.237. The fraction of sp³-hybridized carbons (Fsp3) is 0.421. The number of rotatable bonds is 7. The lowest BCUT2D eigenvalue weighted by Crippen LogP contribution is -2.20. The molecule has 0 bridgehead atoms. The Morgan fingerprint density at radius 1 is 1.26 bits per heavy atom. The molecule has 0 unspecified atom stereocenters. The summed E-state index contributed by atoms with van der Waals surface area (Å²) in [5.41, 5.74) is 2.75. The van der Waals surface area contributed by atoms with Crippen molar-refractivity contribution in [3.05, 3.63) is 58.3 Å².